The highest BCUT2D eigenvalue weighted by molar-refractivity contribution is 5.62. The van der Waals surface area contributed by atoms with Crippen molar-refractivity contribution in [3.8, 4) is 0 Å². The summed E-state index contributed by atoms with van der Waals surface area (Å²) < 4.78 is 0. The Bertz CT molecular complexity index is 351. The minimum atomic E-state index is 0.449. The molecule has 1 heterocycles. The van der Waals surface area contributed by atoms with Gasteiger partial charge in [0.15, 0.2) is 0 Å². The number of hydrogen-bond acceptors (Lipinski definition) is 3. The van der Waals surface area contributed by atoms with Crippen molar-refractivity contribution in [2.24, 2.45) is 10.8 Å². The zero-order chi connectivity index (χ0) is 9.52. The van der Waals surface area contributed by atoms with Crippen molar-refractivity contribution in [2.75, 3.05) is 6.54 Å². The van der Waals surface area contributed by atoms with Gasteiger partial charge in [0.1, 0.15) is 0 Å². The van der Waals surface area contributed by atoms with Crippen LogP contribution in [-0.4, -0.2) is 11.5 Å². The summed E-state index contributed by atoms with van der Waals surface area (Å²) in [4.78, 5) is 6.61. The molecule has 66 valence electrons. The van der Waals surface area contributed by atoms with E-state index in [4.69, 9.17) is 11.3 Å². The molecule has 0 bridgehead atoms. The average molecular weight is 175 g/mol. The summed E-state index contributed by atoms with van der Waals surface area (Å²) in [5.41, 5.74) is 14.9. The summed E-state index contributed by atoms with van der Waals surface area (Å²) in [6, 6.07) is 1.65. The van der Waals surface area contributed by atoms with Crippen molar-refractivity contribution < 1.29 is 0 Å². The number of hydrogen-bond donors (Lipinski definition) is 1. The number of nitrogens with two attached hydrogens (primary N) is 1. The fraction of sp³-hybridized carbons (Fsp3) is 0.125. The smallest absolute Gasteiger partial charge is 0.0478 e. The second-order valence-electron chi connectivity index (χ2n) is 2.26. The lowest BCUT2D eigenvalue weighted by molar-refractivity contribution is 1.25. The molecule has 2 N–H and O–H groups in total. The van der Waals surface area contributed by atoms with Crippen LogP contribution in [0.2, 0.25) is 0 Å². The topological polar surface area (TPSA) is 87.7 Å². The predicted molar refractivity (Wildman–Crippen MR) is 51.1 cm³/mol. The van der Waals surface area contributed by atoms with Crippen molar-refractivity contribution in [1.29, 1.82) is 0 Å². The van der Waals surface area contributed by atoms with Crippen molar-refractivity contribution in [2.45, 2.75) is 0 Å². The summed E-state index contributed by atoms with van der Waals surface area (Å²) in [6.45, 7) is 0.449. The molecule has 1 aromatic rings. The number of aromatic nitrogens is 1. The van der Waals surface area contributed by atoms with E-state index in [2.05, 4.69) is 15.0 Å². The molecular formula is C8H9N5. The largest absolute Gasteiger partial charge is 0.327 e. The van der Waals surface area contributed by atoms with Gasteiger partial charge < -0.3 is 5.73 Å². The number of nitrogens with zero attached hydrogens (tertiary/aromatic N) is 4. The van der Waals surface area contributed by atoms with E-state index in [1.807, 2.05) is 0 Å². The van der Waals surface area contributed by atoms with Crippen molar-refractivity contribution in [3.63, 3.8) is 0 Å². The standard InChI is InChI=1S/C8H9N5/c9-4-1-2-7-6-11-5-3-8(7)12-13-10/h1-3,5-6H,4,9H2. The number of rotatable bonds is 3. The third kappa shape index (κ3) is 2.59. The van der Waals surface area contributed by atoms with E-state index >= 15 is 0 Å². The van der Waals surface area contributed by atoms with E-state index in [1.165, 1.54) is 0 Å². The fourth-order valence-electron chi connectivity index (χ4n) is 0.862. The quantitative estimate of drug-likeness (QED) is 0.432. The summed E-state index contributed by atoms with van der Waals surface area (Å²) in [6.07, 6.45) is 6.74. The van der Waals surface area contributed by atoms with E-state index < -0.39 is 0 Å². The highest BCUT2D eigenvalue weighted by atomic mass is 15.1. The van der Waals surface area contributed by atoms with Crippen LogP contribution in [0.5, 0.6) is 0 Å². The molecule has 0 spiro atoms. The lowest BCUT2D eigenvalue weighted by atomic mass is 10.2. The van der Waals surface area contributed by atoms with Crippen molar-refractivity contribution in [1.82, 2.24) is 4.98 Å². The van der Waals surface area contributed by atoms with E-state index in [0.29, 0.717) is 12.2 Å². The maximum absolute atomic E-state index is 8.26. The van der Waals surface area contributed by atoms with Crippen LogP contribution in [0, 0.1) is 0 Å². The van der Waals surface area contributed by atoms with E-state index in [-0.39, 0.29) is 0 Å². The third-order valence-electron chi connectivity index (χ3n) is 1.41. The second-order valence-corrected chi connectivity index (χ2v) is 2.26. The van der Waals surface area contributed by atoms with Gasteiger partial charge in [-0.05, 0) is 11.6 Å². The normalized spacial score (nSPS) is 9.92. The van der Waals surface area contributed by atoms with Crippen molar-refractivity contribution in [3.05, 3.63) is 40.5 Å². The molecule has 0 fully saturated rings. The molecule has 0 unspecified atom stereocenters. The third-order valence-corrected chi connectivity index (χ3v) is 1.41. The monoisotopic (exact) mass is 175 g/mol. The van der Waals surface area contributed by atoms with Crippen LogP contribution >= 0.6 is 0 Å². The highest BCUT2D eigenvalue weighted by Gasteiger charge is 1.94. The van der Waals surface area contributed by atoms with Gasteiger partial charge in [0, 0.05) is 35.1 Å². The molecule has 13 heavy (non-hydrogen) atoms. The van der Waals surface area contributed by atoms with Crippen LogP contribution in [0.1, 0.15) is 5.56 Å². The molecule has 0 radical (unpaired) electrons. The Hall–Kier alpha value is -1.84. The van der Waals surface area contributed by atoms with E-state index in [9.17, 15) is 0 Å². The Balaban J connectivity index is 3.04. The van der Waals surface area contributed by atoms with E-state index in [0.717, 1.165) is 5.56 Å². The fourth-order valence-corrected chi connectivity index (χ4v) is 0.862. The van der Waals surface area contributed by atoms with Crippen LogP contribution in [0.4, 0.5) is 5.69 Å². The Kier molecular flexibility index (Phi) is 3.50. The molecule has 0 aromatic carbocycles. The Morgan fingerprint density at radius 2 is 2.54 bits per heavy atom. The van der Waals surface area contributed by atoms with Gasteiger partial charge in [0.2, 0.25) is 0 Å². The summed E-state index contributed by atoms with van der Waals surface area (Å²) in [5.74, 6) is 0. The van der Waals surface area contributed by atoms with Crippen LogP contribution in [0.3, 0.4) is 0 Å². The van der Waals surface area contributed by atoms with Crippen LogP contribution in [-0.2, 0) is 0 Å². The summed E-state index contributed by atoms with van der Waals surface area (Å²) in [7, 11) is 0. The van der Waals surface area contributed by atoms with Crippen molar-refractivity contribution >= 4 is 11.8 Å². The molecule has 5 heteroatoms. The molecule has 1 rings (SSSR count). The van der Waals surface area contributed by atoms with Gasteiger partial charge in [-0.3, -0.25) is 4.98 Å². The Labute approximate surface area is 75.5 Å². The summed E-state index contributed by atoms with van der Waals surface area (Å²) in [5, 5.41) is 3.51. The van der Waals surface area contributed by atoms with Gasteiger partial charge in [-0.25, -0.2) is 0 Å². The molecule has 5 nitrogen and oxygen atoms in total. The number of pyridine rings is 1. The molecule has 0 amide bonds. The van der Waals surface area contributed by atoms with Gasteiger partial charge in [-0.2, -0.15) is 0 Å². The lowest BCUT2D eigenvalue weighted by Crippen LogP contribution is -1.92. The molecule has 0 atom stereocenters. The average Bonchev–Trinajstić information content (AvgIpc) is 2.17. The first-order chi connectivity index (χ1) is 6.38. The Morgan fingerprint density at radius 3 is 3.23 bits per heavy atom. The Morgan fingerprint density at radius 1 is 1.69 bits per heavy atom. The lowest BCUT2D eigenvalue weighted by Gasteiger charge is -1.96. The van der Waals surface area contributed by atoms with Crippen LogP contribution in [0.25, 0.3) is 16.5 Å². The minimum Gasteiger partial charge on any atom is -0.327 e. The first kappa shape index (κ1) is 9.25. The molecular weight excluding hydrogens is 166 g/mol. The maximum atomic E-state index is 8.26. The molecule has 0 saturated carbocycles. The maximum Gasteiger partial charge on any atom is 0.0478 e. The number of azide groups is 1. The molecule has 0 saturated heterocycles. The molecule has 0 aliphatic carbocycles. The van der Waals surface area contributed by atoms with Crippen LogP contribution in [0.15, 0.2) is 29.7 Å². The van der Waals surface area contributed by atoms with Gasteiger partial charge >= 0.3 is 0 Å². The minimum absolute atomic E-state index is 0.449. The van der Waals surface area contributed by atoms with Gasteiger partial charge in [-0.15, -0.1) is 0 Å². The zero-order valence-electron chi connectivity index (χ0n) is 6.96. The first-order valence-electron chi connectivity index (χ1n) is 3.74. The molecule has 0 aliphatic heterocycles. The molecule has 0 aliphatic rings. The SMILES string of the molecule is [N-]=[N+]=Nc1ccncc1C=CCN. The van der Waals surface area contributed by atoms with Crippen LogP contribution < -0.4 is 5.73 Å². The van der Waals surface area contributed by atoms with E-state index in [1.54, 1.807) is 30.6 Å². The summed E-state index contributed by atoms with van der Waals surface area (Å²) >= 11 is 0. The molecule has 1 aromatic heterocycles. The first-order valence-corrected chi connectivity index (χ1v) is 3.74. The zero-order valence-corrected chi connectivity index (χ0v) is 6.96. The van der Waals surface area contributed by atoms with Gasteiger partial charge in [0.25, 0.3) is 0 Å². The predicted octanol–water partition coefficient (Wildman–Crippen LogP) is 2.00. The van der Waals surface area contributed by atoms with Gasteiger partial charge in [0.05, 0.1) is 0 Å². The second kappa shape index (κ2) is 4.92. The van der Waals surface area contributed by atoms with Gasteiger partial charge in [-0.1, -0.05) is 17.3 Å². The highest BCUT2D eigenvalue weighted by Crippen LogP contribution is 2.18.